The molecule has 3 aliphatic rings. The normalized spacial score (nSPS) is 50.6. The molecule has 1 saturated carbocycles. The predicted octanol–water partition coefficient (Wildman–Crippen LogP) is 5.23. The van der Waals surface area contributed by atoms with Crippen molar-refractivity contribution in [2.75, 3.05) is 0 Å². The van der Waals surface area contributed by atoms with Crippen LogP contribution in [0.25, 0.3) is 0 Å². The molecule has 0 spiro atoms. The zero-order valence-corrected chi connectivity index (χ0v) is 12.3. The van der Waals surface area contributed by atoms with E-state index in [1.807, 2.05) is 0 Å². The maximum absolute atomic E-state index is 6.54. The van der Waals surface area contributed by atoms with Crippen LogP contribution in [0.2, 0.25) is 0 Å². The number of hydrogen-bond donors (Lipinski definition) is 0. The van der Waals surface area contributed by atoms with Crippen LogP contribution in [0.4, 0.5) is 0 Å². The summed E-state index contributed by atoms with van der Waals surface area (Å²) in [5.41, 5.74) is 0. The first-order valence-electron chi connectivity index (χ1n) is 4.85. The van der Waals surface area contributed by atoms with E-state index in [-0.39, 0.29) is 23.1 Å². The van der Waals surface area contributed by atoms with Crippen LogP contribution in [0.5, 0.6) is 0 Å². The van der Waals surface area contributed by atoms with E-state index in [2.05, 4.69) is 0 Å². The molecule has 0 aromatic heterocycles. The highest BCUT2D eigenvalue weighted by atomic mass is 35.5. The molecule has 5 atom stereocenters. The summed E-state index contributed by atoms with van der Waals surface area (Å²) in [5, 5.41) is 1.83. The minimum absolute atomic E-state index is 0.0316. The monoisotopic (exact) mass is 336 g/mol. The molecular formula is C10H6Cl6. The van der Waals surface area contributed by atoms with E-state index in [4.69, 9.17) is 69.6 Å². The molecule has 0 aliphatic heterocycles. The van der Waals surface area contributed by atoms with Gasteiger partial charge in [-0.05, 0) is 12.3 Å². The maximum Gasteiger partial charge on any atom is 0.121 e. The lowest BCUT2D eigenvalue weighted by Crippen LogP contribution is -2.35. The van der Waals surface area contributed by atoms with E-state index < -0.39 is 4.87 Å². The molecule has 0 amide bonds. The molecule has 16 heavy (non-hydrogen) atoms. The van der Waals surface area contributed by atoms with Gasteiger partial charge in [0.05, 0.1) is 10.1 Å². The Hall–Kier alpha value is 1.22. The van der Waals surface area contributed by atoms with Crippen LogP contribution in [0.1, 0.15) is 6.42 Å². The number of hydrogen-bond acceptors (Lipinski definition) is 0. The minimum atomic E-state index is -0.942. The Kier molecular flexibility index (Phi) is 2.77. The Labute approximate surface area is 123 Å². The summed E-state index contributed by atoms with van der Waals surface area (Å²) in [6, 6.07) is 0. The Balaban J connectivity index is 2.28. The van der Waals surface area contributed by atoms with Gasteiger partial charge in [0.2, 0.25) is 0 Å². The quantitative estimate of drug-likeness (QED) is 0.530. The van der Waals surface area contributed by atoms with E-state index in [0.29, 0.717) is 20.1 Å². The van der Waals surface area contributed by atoms with Gasteiger partial charge in [-0.1, -0.05) is 46.4 Å². The first kappa shape index (κ1) is 12.3. The van der Waals surface area contributed by atoms with Crippen molar-refractivity contribution in [2.45, 2.75) is 16.7 Å². The second kappa shape index (κ2) is 3.62. The molecule has 0 heterocycles. The van der Waals surface area contributed by atoms with Crippen LogP contribution < -0.4 is 0 Å². The third kappa shape index (κ3) is 1.17. The Morgan fingerprint density at radius 1 is 0.938 bits per heavy atom. The van der Waals surface area contributed by atoms with Gasteiger partial charge in [0.15, 0.2) is 0 Å². The molecule has 3 aliphatic carbocycles. The van der Waals surface area contributed by atoms with Crippen molar-refractivity contribution in [1.29, 1.82) is 0 Å². The maximum atomic E-state index is 6.54. The smallest absolute Gasteiger partial charge is 0.121 e. The number of rotatable bonds is 0. The predicted molar refractivity (Wildman–Crippen MR) is 70.8 cm³/mol. The van der Waals surface area contributed by atoms with Gasteiger partial charge in [0, 0.05) is 27.3 Å². The fraction of sp³-hybridized carbons (Fsp3) is 0.600. The van der Waals surface area contributed by atoms with E-state index in [9.17, 15) is 0 Å². The van der Waals surface area contributed by atoms with Gasteiger partial charge in [-0.2, -0.15) is 0 Å². The van der Waals surface area contributed by atoms with Crippen LogP contribution in [0.15, 0.2) is 20.1 Å². The van der Waals surface area contributed by atoms with Gasteiger partial charge < -0.3 is 0 Å². The van der Waals surface area contributed by atoms with Crippen LogP contribution >= 0.6 is 69.6 Å². The van der Waals surface area contributed by atoms with Gasteiger partial charge in [-0.25, -0.2) is 0 Å². The Morgan fingerprint density at radius 3 is 2.00 bits per heavy atom. The number of alkyl halides is 2. The molecule has 4 bridgehead atoms. The topological polar surface area (TPSA) is 0 Å². The summed E-state index contributed by atoms with van der Waals surface area (Å²) in [4.78, 5) is -0.942. The van der Waals surface area contributed by atoms with Gasteiger partial charge in [-0.15, -0.1) is 23.2 Å². The van der Waals surface area contributed by atoms with Crippen molar-refractivity contribution in [1.82, 2.24) is 0 Å². The van der Waals surface area contributed by atoms with Crippen molar-refractivity contribution in [3.63, 3.8) is 0 Å². The fourth-order valence-electron chi connectivity index (χ4n) is 3.13. The van der Waals surface area contributed by atoms with E-state index in [1.165, 1.54) is 0 Å². The SMILES string of the molecule is ClC1=C(Cl)[C@@]2(Cl)C(Cl)=C(Cl)[C@H]3[C@@H]1[C@H](Cl)C[C@H]32. The molecule has 0 aromatic carbocycles. The van der Waals surface area contributed by atoms with Gasteiger partial charge in [0.1, 0.15) is 4.87 Å². The van der Waals surface area contributed by atoms with Crippen LogP contribution in [-0.2, 0) is 0 Å². The van der Waals surface area contributed by atoms with E-state index in [0.717, 1.165) is 6.42 Å². The van der Waals surface area contributed by atoms with Crippen molar-refractivity contribution < 1.29 is 0 Å². The minimum Gasteiger partial charge on any atom is -0.122 e. The summed E-state index contributed by atoms with van der Waals surface area (Å²) in [6.07, 6.45) is 0.735. The van der Waals surface area contributed by atoms with Crippen LogP contribution in [-0.4, -0.2) is 10.3 Å². The van der Waals surface area contributed by atoms with E-state index >= 15 is 0 Å². The molecule has 6 heteroatoms. The molecule has 3 rings (SSSR count). The van der Waals surface area contributed by atoms with Gasteiger partial charge in [0.25, 0.3) is 0 Å². The summed E-state index contributed by atoms with van der Waals surface area (Å²) in [6.45, 7) is 0. The van der Waals surface area contributed by atoms with Crippen LogP contribution in [0, 0.1) is 17.8 Å². The summed E-state index contributed by atoms with van der Waals surface area (Å²) >= 11 is 37.7. The second-order valence-corrected chi connectivity index (χ2v) is 7.17. The Bertz CT molecular complexity index is 439. The van der Waals surface area contributed by atoms with Crippen molar-refractivity contribution >= 4 is 69.6 Å². The van der Waals surface area contributed by atoms with Crippen LogP contribution in [0.3, 0.4) is 0 Å². The highest BCUT2D eigenvalue weighted by Gasteiger charge is 2.65. The highest BCUT2D eigenvalue weighted by molar-refractivity contribution is 6.53. The summed E-state index contributed by atoms with van der Waals surface area (Å²) < 4.78 is 0. The lowest BCUT2D eigenvalue weighted by Gasteiger charge is -2.34. The molecule has 1 fully saturated rings. The zero-order chi connectivity index (χ0) is 11.8. The largest absolute Gasteiger partial charge is 0.122 e. The molecular weight excluding hydrogens is 333 g/mol. The zero-order valence-electron chi connectivity index (χ0n) is 7.78. The third-order valence-electron chi connectivity index (χ3n) is 3.84. The molecule has 0 N–H and O–H groups in total. The van der Waals surface area contributed by atoms with Crippen molar-refractivity contribution in [3.8, 4) is 0 Å². The highest BCUT2D eigenvalue weighted by Crippen LogP contribution is 2.69. The molecule has 0 nitrogen and oxygen atoms in total. The lowest BCUT2D eigenvalue weighted by atomic mass is 9.81. The molecule has 88 valence electrons. The number of allylic oxidation sites excluding steroid dienone is 4. The molecule has 0 radical (unpaired) electrons. The van der Waals surface area contributed by atoms with Gasteiger partial charge >= 0.3 is 0 Å². The van der Waals surface area contributed by atoms with Crippen molar-refractivity contribution in [2.24, 2.45) is 17.8 Å². The lowest BCUT2D eigenvalue weighted by molar-refractivity contribution is 0.386. The van der Waals surface area contributed by atoms with Crippen molar-refractivity contribution in [3.05, 3.63) is 20.1 Å². The first-order valence-corrected chi connectivity index (χ1v) is 7.17. The summed E-state index contributed by atoms with van der Waals surface area (Å²) in [7, 11) is 0. The number of halogens is 6. The molecule has 0 saturated heterocycles. The average Bonchev–Trinajstić information content (AvgIpc) is 2.64. The second-order valence-electron chi connectivity index (χ2n) is 4.45. The van der Waals surface area contributed by atoms with E-state index in [1.54, 1.807) is 0 Å². The Morgan fingerprint density at radius 2 is 1.44 bits per heavy atom. The fourth-order valence-corrected chi connectivity index (χ4v) is 5.84. The average molecular weight is 339 g/mol. The summed E-state index contributed by atoms with van der Waals surface area (Å²) in [5.74, 6) is 0.0530. The van der Waals surface area contributed by atoms with Gasteiger partial charge in [-0.3, -0.25) is 0 Å². The molecule has 0 aromatic rings. The first-order chi connectivity index (χ1) is 7.40. The standard InChI is InChI=1S/C10H6Cl6/c11-3-1-2-4-5(3)7(13)9(15)10(2,16)8(14)6(4)12/h2-5H,1H2/t2-,3-,4-,5+,10+/m1/s1. The third-order valence-corrected chi connectivity index (χ3v) is 7.22. The molecule has 0 unspecified atom stereocenters.